The molecule has 1 amide bonds. The molecule has 3 aromatic rings. The lowest BCUT2D eigenvalue weighted by Crippen LogP contribution is -2.49. The molecule has 8 nitrogen and oxygen atoms in total. The van der Waals surface area contributed by atoms with Gasteiger partial charge in [-0.25, -0.2) is 9.59 Å². The third kappa shape index (κ3) is 12.2. The standard InChI is InChI=1S/C33H39Cl2NO7/c34-27-17-15-24(21-28(27)35)11-4-1-2-8-18-36-32(39)30(31(33(40)41)43-22-29(37)38)42-19-9-3-5-10-23-14-16-25-12-6-7-13-26(25)20-23/h6-7,12-17,20-21,30-31H,1-5,8-11,18-19,22H2,(H,36,39)(H,37,38)(H,40,41). The third-order valence-corrected chi connectivity index (χ3v) is 7.80. The van der Waals surface area contributed by atoms with Crippen LogP contribution in [0, 0.1) is 0 Å². The van der Waals surface area contributed by atoms with Gasteiger partial charge in [-0.2, -0.15) is 0 Å². The topological polar surface area (TPSA) is 122 Å². The van der Waals surface area contributed by atoms with Gasteiger partial charge in [0.05, 0.1) is 10.0 Å². The minimum absolute atomic E-state index is 0.144. The Bertz CT molecular complexity index is 1350. The molecule has 0 fully saturated rings. The minimum atomic E-state index is -1.74. The number of nitrogens with one attached hydrogen (secondary N) is 1. The Hall–Kier alpha value is -3.17. The molecule has 2 atom stereocenters. The first-order chi connectivity index (χ1) is 20.7. The van der Waals surface area contributed by atoms with Crippen LogP contribution in [0.15, 0.2) is 60.7 Å². The normalized spacial score (nSPS) is 12.6. The van der Waals surface area contributed by atoms with Crippen LogP contribution in [0.1, 0.15) is 56.1 Å². The highest BCUT2D eigenvalue weighted by molar-refractivity contribution is 6.42. The summed E-state index contributed by atoms with van der Waals surface area (Å²) in [5, 5.41) is 24.8. The molecule has 10 heteroatoms. The number of aliphatic carboxylic acids is 2. The molecule has 3 N–H and O–H groups in total. The van der Waals surface area contributed by atoms with Crippen molar-refractivity contribution in [2.75, 3.05) is 19.8 Å². The van der Waals surface area contributed by atoms with E-state index < -0.39 is 36.7 Å². The fraction of sp³-hybridized carbons (Fsp3) is 0.424. The van der Waals surface area contributed by atoms with Crippen LogP contribution in [0.5, 0.6) is 0 Å². The molecule has 0 aromatic heterocycles. The molecule has 0 saturated carbocycles. The Balaban J connectivity index is 1.41. The number of aryl methyl sites for hydroxylation is 2. The lowest BCUT2D eigenvalue weighted by molar-refractivity contribution is -0.172. The highest BCUT2D eigenvalue weighted by atomic mass is 35.5. The number of carboxylic acids is 2. The van der Waals surface area contributed by atoms with Gasteiger partial charge in [0.15, 0.2) is 12.2 Å². The van der Waals surface area contributed by atoms with Crippen molar-refractivity contribution in [3.05, 3.63) is 81.8 Å². The van der Waals surface area contributed by atoms with E-state index in [0.717, 1.165) is 50.5 Å². The molecule has 0 aliphatic carbocycles. The highest BCUT2D eigenvalue weighted by Crippen LogP contribution is 2.23. The molecule has 0 saturated heterocycles. The number of carbonyl (C=O) groups excluding carboxylic acids is 1. The second-order valence-electron chi connectivity index (χ2n) is 10.5. The van der Waals surface area contributed by atoms with Crippen LogP contribution in [0.25, 0.3) is 10.8 Å². The van der Waals surface area contributed by atoms with Crippen LogP contribution >= 0.6 is 23.2 Å². The fourth-order valence-corrected chi connectivity index (χ4v) is 5.10. The van der Waals surface area contributed by atoms with E-state index in [1.165, 1.54) is 16.3 Å². The van der Waals surface area contributed by atoms with Crippen molar-refractivity contribution in [3.63, 3.8) is 0 Å². The number of rotatable bonds is 20. The van der Waals surface area contributed by atoms with Crippen LogP contribution in [0.3, 0.4) is 0 Å². The van der Waals surface area contributed by atoms with E-state index in [9.17, 15) is 19.5 Å². The van der Waals surface area contributed by atoms with Crippen molar-refractivity contribution >= 4 is 51.8 Å². The lowest BCUT2D eigenvalue weighted by Gasteiger charge is -2.23. The first kappa shape index (κ1) is 34.3. The molecule has 232 valence electrons. The number of amides is 1. The second kappa shape index (κ2) is 18.5. The van der Waals surface area contributed by atoms with Crippen LogP contribution in [0.2, 0.25) is 10.0 Å². The van der Waals surface area contributed by atoms with Gasteiger partial charge in [-0.1, -0.05) is 91.0 Å². The molecule has 0 radical (unpaired) electrons. The average molecular weight is 633 g/mol. The number of hydrogen-bond donors (Lipinski definition) is 3. The van der Waals surface area contributed by atoms with E-state index in [4.69, 9.17) is 37.8 Å². The summed E-state index contributed by atoms with van der Waals surface area (Å²) in [6.45, 7) is -0.373. The maximum Gasteiger partial charge on any atom is 0.336 e. The van der Waals surface area contributed by atoms with Gasteiger partial charge >= 0.3 is 11.9 Å². The number of fused-ring (bicyclic) bond motifs is 1. The number of ether oxygens (including phenoxy) is 2. The summed E-state index contributed by atoms with van der Waals surface area (Å²) in [6, 6.07) is 20.2. The average Bonchev–Trinajstić information content (AvgIpc) is 2.98. The summed E-state index contributed by atoms with van der Waals surface area (Å²) < 4.78 is 10.7. The van der Waals surface area contributed by atoms with E-state index in [2.05, 4.69) is 35.6 Å². The summed E-state index contributed by atoms with van der Waals surface area (Å²) in [5.41, 5.74) is 2.34. The van der Waals surface area contributed by atoms with Crippen molar-refractivity contribution in [2.24, 2.45) is 0 Å². The molecule has 3 aromatic carbocycles. The van der Waals surface area contributed by atoms with Crippen molar-refractivity contribution < 1.29 is 34.1 Å². The van der Waals surface area contributed by atoms with Crippen molar-refractivity contribution in [2.45, 2.75) is 70.0 Å². The predicted molar refractivity (Wildman–Crippen MR) is 168 cm³/mol. The molecule has 0 bridgehead atoms. The first-order valence-electron chi connectivity index (χ1n) is 14.6. The summed E-state index contributed by atoms with van der Waals surface area (Å²) in [5.74, 6) is -3.43. The van der Waals surface area contributed by atoms with Gasteiger partial charge in [0.1, 0.15) is 6.61 Å². The Labute approximate surface area is 262 Å². The minimum Gasteiger partial charge on any atom is -0.480 e. The summed E-state index contributed by atoms with van der Waals surface area (Å²) in [6.07, 6.45) is 4.33. The van der Waals surface area contributed by atoms with E-state index >= 15 is 0 Å². The van der Waals surface area contributed by atoms with E-state index in [0.29, 0.717) is 29.4 Å². The van der Waals surface area contributed by atoms with E-state index in [1.807, 2.05) is 24.3 Å². The van der Waals surface area contributed by atoms with Crippen molar-refractivity contribution in [1.29, 1.82) is 0 Å². The Kier molecular flexibility index (Phi) is 14.8. The second-order valence-corrected chi connectivity index (χ2v) is 11.3. The lowest BCUT2D eigenvalue weighted by atomic mass is 10.0. The van der Waals surface area contributed by atoms with Crippen LogP contribution < -0.4 is 5.32 Å². The maximum absolute atomic E-state index is 12.9. The van der Waals surface area contributed by atoms with Crippen LogP contribution in [-0.2, 0) is 36.7 Å². The number of carbonyl (C=O) groups is 3. The first-order valence-corrected chi connectivity index (χ1v) is 15.4. The zero-order chi connectivity index (χ0) is 31.0. The van der Waals surface area contributed by atoms with E-state index in [-0.39, 0.29) is 6.61 Å². The summed E-state index contributed by atoms with van der Waals surface area (Å²) in [4.78, 5) is 35.8. The SMILES string of the molecule is O=C(O)COC(C(=O)O)C(OCCCCCc1ccc2ccccc2c1)C(=O)NCCCCCCc1ccc(Cl)c(Cl)c1. The smallest absolute Gasteiger partial charge is 0.336 e. The summed E-state index contributed by atoms with van der Waals surface area (Å²) in [7, 11) is 0. The Morgan fingerprint density at radius 3 is 2.05 bits per heavy atom. The molecular weight excluding hydrogens is 593 g/mol. The number of carboxylic acid groups (broad SMARTS) is 2. The van der Waals surface area contributed by atoms with Gasteiger partial charge in [-0.15, -0.1) is 0 Å². The molecule has 2 unspecified atom stereocenters. The number of halogens is 2. The molecule has 43 heavy (non-hydrogen) atoms. The fourth-order valence-electron chi connectivity index (χ4n) is 4.78. The monoisotopic (exact) mass is 631 g/mol. The molecule has 3 rings (SSSR count). The Morgan fingerprint density at radius 1 is 0.698 bits per heavy atom. The zero-order valence-electron chi connectivity index (χ0n) is 24.1. The largest absolute Gasteiger partial charge is 0.480 e. The van der Waals surface area contributed by atoms with E-state index in [1.54, 1.807) is 6.07 Å². The molecular formula is C33H39Cl2NO7. The summed E-state index contributed by atoms with van der Waals surface area (Å²) >= 11 is 12.0. The third-order valence-electron chi connectivity index (χ3n) is 7.06. The van der Waals surface area contributed by atoms with Crippen molar-refractivity contribution in [1.82, 2.24) is 5.32 Å². The molecule has 0 spiro atoms. The number of unbranched alkanes of at least 4 members (excludes halogenated alkanes) is 5. The van der Waals surface area contributed by atoms with Crippen LogP contribution in [-0.4, -0.2) is 60.0 Å². The predicted octanol–water partition coefficient (Wildman–Crippen LogP) is 6.72. The van der Waals surface area contributed by atoms with Crippen molar-refractivity contribution in [3.8, 4) is 0 Å². The van der Waals surface area contributed by atoms with Gasteiger partial charge in [0.2, 0.25) is 0 Å². The van der Waals surface area contributed by atoms with Gasteiger partial charge in [-0.3, -0.25) is 4.79 Å². The molecule has 0 heterocycles. The van der Waals surface area contributed by atoms with Gasteiger partial charge in [0, 0.05) is 13.2 Å². The Morgan fingerprint density at radius 2 is 1.35 bits per heavy atom. The molecule has 0 aliphatic heterocycles. The quantitative estimate of drug-likeness (QED) is 0.118. The molecule has 0 aliphatic rings. The number of benzene rings is 3. The van der Waals surface area contributed by atoms with Gasteiger partial charge < -0.3 is 25.0 Å². The van der Waals surface area contributed by atoms with Gasteiger partial charge in [-0.05, 0) is 72.6 Å². The number of hydrogen-bond acceptors (Lipinski definition) is 5. The van der Waals surface area contributed by atoms with Gasteiger partial charge in [0.25, 0.3) is 5.91 Å². The highest BCUT2D eigenvalue weighted by Gasteiger charge is 2.36. The van der Waals surface area contributed by atoms with Crippen LogP contribution in [0.4, 0.5) is 0 Å². The maximum atomic E-state index is 12.9. The zero-order valence-corrected chi connectivity index (χ0v) is 25.6.